The summed E-state index contributed by atoms with van der Waals surface area (Å²) in [6, 6.07) is 20.2. The highest BCUT2D eigenvalue weighted by molar-refractivity contribution is 5.89. The van der Waals surface area contributed by atoms with E-state index in [0.717, 1.165) is 56.4 Å². The van der Waals surface area contributed by atoms with Gasteiger partial charge in [-0.05, 0) is 55.8 Å². The van der Waals surface area contributed by atoms with Crippen LogP contribution in [-0.2, 0) is 6.42 Å². The minimum absolute atomic E-state index is 0. The van der Waals surface area contributed by atoms with Crippen LogP contribution >= 0.6 is 12.4 Å². The second kappa shape index (κ2) is 10.2. The molecule has 5 nitrogen and oxygen atoms in total. The minimum Gasteiger partial charge on any atom is -0.423 e. The van der Waals surface area contributed by atoms with Crippen molar-refractivity contribution in [2.75, 3.05) is 25.0 Å². The van der Waals surface area contributed by atoms with Gasteiger partial charge in [0.1, 0.15) is 5.58 Å². The Bertz CT molecular complexity index is 1240. The van der Waals surface area contributed by atoms with Crippen LogP contribution in [-0.4, -0.2) is 35.6 Å². The van der Waals surface area contributed by atoms with Gasteiger partial charge < -0.3 is 14.6 Å². The van der Waals surface area contributed by atoms with Crippen molar-refractivity contribution in [1.29, 1.82) is 0 Å². The SMILES string of the molecule is Cl.O=c1cc(NC2CCN(CCCc3nccc4ccccc34)CC2)c2ccccc2o1. The minimum atomic E-state index is -0.305. The summed E-state index contributed by atoms with van der Waals surface area (Å²) >= 11 is 0. The molecule has 0 radical (unpaired) electrons. The highest BCUT2D eigenvalue weighted by atomic mass is 35.5. The van der Waals surface area contributed by atoms with E-state index in [1.807, 2.05) is 30.5 Å². The van der Waals surface area contributed by atoms with E-state index >= 15 is 0 Å². The average Bonchev–Trinajstić information content (AvgIpc) is 2.80. The van der Waals surface area contributed by atoms with Crippen LogP contribution in [0.25, 0.3) is 21.7 Å². The van der Waals surface area contributed by atoms with Crippen LogP contribution in [0.5, 0.6) is 0 Å². The Morgan fingerprint density at radius 2 is 1.75 bits per heavy atom. The number of anilines is 1. The van der Waals surface area contributed by atoms with Crippen molar-refractivity contribution < 1.29 is 4.42 Å². The third-order valence-electron chi connectivity index (χ3n) is 6.24. The topological polar surface area (TPSA) is 58.4 Å². The fourth-order valence-electron chi connectivity index (χ4n) is 4.60. The fraction of sp³-hybridized carbons (Fsp3) is 0.308. The molecule has 0 atom stereocenters. The van der Waals surface area contributed by atoms with Gasteiger partial charge in [-0.2, -0.15) is 0 Å². The molecule has 6 heteroatoms. The number of pyridine rings is 1. The van der Waals surface area contributed by atoms with Crippen molar-refractivity contribution in [3.05, 3.63) is 83.0 Å². The molecule has 1 N–H and O–H groups in total. The van der Waals surface area contributed by atoms with Crippen molar-refractivity contribution in [3.63, 3.8) is 0 Å². The van der Waals surface area contributed by atoms with Crippen LogP contribution in [0.15, 0.2) is 76.1 Å². The molecule has 4 aromatic rings. The molecule has 32 heavy (non-hydrogen) atoms. The number of nitrogens with one attached hydrogen (secondary N) is 1. The smallest absolute Gasteiger partial charge is 0.338 e. The van der Waals surface area contributed by atoms with Crippen LogP contribution in [0, 0.1) is 0 Å². The lowest BCUT2D eigenvalue weighted by Crippen LogP contribution is -2.39. The quantitative estimate of drug-likeness (QED) is 0.406. The molecule has 2 aromatic carbocycles. The lowest BCUT2D eigenvalue weighted by atomic mass is 10.0. The summed E-state index contributed by atoms with van der Waals surface area (Å²) in [5.41, 5.74) is 2.41. The van der Waals surface area contributed by atoms with E-state index in [0.29, 0.717) is 11.6 Å². The number of benzene rings is 2. The Labute approximate surface area is 193 Å². The van der Waals surface area contributed by atoms with Crippen molar-refractivity contribution in [2.45, 2.75) is 31.7 Å². The van der Waals surface area contributed by atoms with E-state index in [2.05, 4.69) is 45.5 Å². The Kier molecular flexibility index (Phi) is 7.08. The van der Waals surface area contributed by atoms with Gasteiger partial charge in [-0.15, -0.1) is 12.4 Å². The summed E-state index contributed by atoms with van der Waals surface area (Å²) < 4.78 is 5.31. The largest absolute Gasteiger partial charge is 0.423 e. The average molecular weight is 450 g/mol. The maximum atomic E-state index is 11.9. The third kappa shape index (κ3) is 4.95. The Morgan fingerprint density at radius 1 is 1.00 bits per heavy atom. The van der Waals surface area contributed by atoms with Crippen LogP contribution in [0.2, 0.25) is 0 Å². The van der Waals surface area contributed by atoms with E-state index < -0.39 is 0 Å². The van der Waals surface area contributed by atoms with Crippen molar-refractivity contribution in [2.24, 2.45) is 0 Å². The lowest BCUT2D eigenvalue weighted by molar-refractivity contribution is 0.217. The summed E-state index contributed by atoms with van der Waals surface area (Å²) in [4.78, 5) is 19.1. The number of fused-ring (bicyclic) bond motifs is 2. The number of para-hydroxylation sites is 1. The summed E-state index contributed by atoms with van der Waals surface area (Å²) in [5.74, 6) is 0. The number of hydrogen-bond acceptors (Lipinski definition) is 5. The monoisotopic (exact) mass is 449 g/mol. The first kappa shape index (κ1) is 22.3. The van der Waals surface area contributed by atoms with Crippen LogP contribution in [0.3, 0.4) is 0 Å². The van der Waals surface area contributed by atoms with Crippen LogP contribution in [0.1, 0.15) is 25.0 Å². The molecule has 0 unspecified atom stereocenters. The molecule has 2 aromatic heterocycles. The molecule has 0 aliphatic carbocycles. The van der Waals surface area contributed by atoms with Crippen LogP contribution < -0.4 is 10.9 Å². The van der Waals surface area contributed by atoms with Crippen LogP contribution in [0.4, 0.5) is 5.69 Å². The zero-order valence-electron chi connectivity index (χ0n) is 18.0. The summed E-state index contributed by atoms with van der Waals surface area (Å²) in [7, 11) is 0. The van der Waals surface area contributed by atoms with E-state index in [9.17, 15) is 4.79 Å². The van der Waals surface area contributed by atoms with Crippen molar-refractivity contribution in [3.8, 4) is 0 Å². The summed E-state index contributed by atoms with van der Waals surface area (Å²) in [5, 5.41) is 7.09. The normalized spacial score (nSPS) is 15.0. The molecular weight excluding hydrogens is 422 g/mol. The number of hydrogen-bond donors (Lipinski definition) is 1. The lowest BCUT2D eigenvalue weighted by Gasteiger charge is -2.33. The maximum absolute atomic E-state index is 11.9. The van der Waals surface area contributed by atoms with Crippen molar-refractivity contribution in [1.82, 2.24) is 9.88 Å². The molecule has 0 spiro atoms. The Morgan fingerprint density at radius 3 is 2.59 bits per heavy atom. The van der Waals surface area contributed by atoms with Gasteiger partial charge in [0.15, 0.2) is 0 Å². The van der Waals surface area contributed by atoms with Gasteiger partial charge in [-0.1, -0.05) is 36.4 Å². The molecule has 0 saturated carbocycles. The molecule has 1 saturated heterocycles. The van der Waals surface area contributed by atoms with Gasteiger partial charge in [-0.25, -0.2) is 4.79 Å². The van der Waals surface area contributed by atoms with Gasteiger partial charge in [0, 0.05) is 47.9 Å². The number of aromatic nitrogens is 1. The zero-order valence-corrected chi connectivity index (χ0v) is 18.8. The Hall–Kier alpha value is -2.89. The second-order valence-electron chi connectivity index (χ2n) is 8.32. The number of halogens is 1. The molecule has 166 valence electrons. The van der Waals surface area contributed by atoms with Gasteiger partial charge in [0.05, 0.1) is 5.69 Å². The molecule has 0 amide bonds. The first-order chi connectivity index (χ1) is 15.3. The number of nitrogens with zero attached hydrogens (tertiary/aromatic N) is 2. The zero-order chi connectivity index (χ0) is 21.0. The molecule has 3 heterocycles. The highest BCUT2D eigenvalue weighted by Gasteiger charge is 2.20. The molecular formula is C26H28ClN3O2. The number of piperidine rings is 1. The molecule has 0 bridgehead atoms. The fourth-order valence-corrected chi connectivity index (χ4v) is 4.60. The van der Waals surface area contributed by atoms with Crippen molar-refractivity contribution >= 4 is 39.8 Å². The third-order valence-corrected chi connectivity index (χ3v) is 6.24. The number of rotatable bonds is 6. The second-order valence-corrected chi connectivity index (χ2v) is 8.32. The first-order valence-corrected chi connectivity index (χ1v) is 11.1. The van der Waals surface area contributed by atoms with E-state index in [1.54, 1.807) is 6.07 Å². The van der Waals surface area contributed by atoms with Gasteiger partial charge in [0.25, 0.3) is 0 Å². The molecule has 5 rings (SSSR count). The maximum Gasteiger partial charge on any atom is 0.338 e. The molecule has 1 aliphatic rings. The van der Waals surface area contributed by atoms with Gasteiger partial charge >= 0.3 is 5.63 Å². The summed E-state index contributed by atoms with van der Waals surface area (Å²) in [6.45, 7) is 3.23. The standard InChI is InChI=1S/C26H27N3O2.ClH/c30-26-18-24(22-8-3-4-10-25(22)31-26)28-20-12-16-29(17-13-20)15-5-9-23-21-7-2-1-6-19(21)11-14-27-23;/h1-4,6-8,10-11,14,18,20,28H,5,9,12-13,15-17H2;1H. The van der Waals surface area contributed by atoms with Gasteiger partial charge in [-0.3, -0.25) is 4.98 Å². The van der Waals surface area contributed by atoms with E-state index in [-0.39, 0.29) is 18.0 Å². The summed E-state index contributed by atoms with van der Waals surface area (Å²) in [6.07, 6.45) is 6.18. The predicted octanol–water partition coefficient (Wildman–Crippen LogP) is 5.27. The predicted molar refractivity (Wildman–Crippen MR) is 133 cm³/mol. The number of likely N-dealkylation sites (tertiary alicyclic amines) is 1. The van der Waals surface area contributed by atoms with Gasteiger partial charge in [0.2, 0.25) is 0 Å². The number of aryl methyl sites for hydroxylation is 1. The Balaban J connectivity index is 0.00000245. The first-order valence-electron chi connectivity index (χ1n) is 11.1. The molecule has 1 aliphatic heterocycles. The highest BCUT2D eigenvalue weighted by Crippen LogP contribution is 2.24. The van der Waals surface area contributed by atoms with E-state index in [4.69, 9.17) is 4.42 Å². The van der Waals surface area contributed by atoms with E-state index in [1.165, 1.54) is 16.5 Å². The molecule has 1 fully saturated rings.